The topological polar surface area (TPSA) is 44.0 Å². The van der Waals surface area contributed by atoms with Gasteiger partial charge >= 0.3 is 0 Å². The number of nitrogens with one attached hydrogen (secondary N) is 2. The van der Waals surface area contributed by atoms with E-state index in [1.165, 1.54) is 13.1 Å². The Labute approximate surface area is 112 Å². The predicted octanol–water partition coefficient (Wildman–Crippen LogP) is 1.64. The van der Waals surface area contributed by atoms with Gasteiger partial charge in [0.1, 0.15) is 0 Å². The number of aromatic amines is 1. The molecule has 2 atom stereocenters. The molecule has 0 saturated carbocycles. The van der Waals surface area contributed by atoms with Crippen LogP contribution in [0.15, 0.2) is 24.3 Å². The summed E-state index contributed by atoms with van der Waals surface area (Å²) in [6.07, 6.45) is 0. The summed E-state index contributed by atoms with van der Waals surface area (Å²) < 4.78 is 0. The molecule has 18 heavy (non-hydrogen) atoms. The first-order valence-corrected chi connectivity index (χ1v) is 6.30. The number of para-hydroxylation sites is 2. The quantitative estimate of drug-likeness (QED) is 0.823. The van der Waals surface area contributed by atoms with Gasteiger partial charge in [-0.1, -0.05) is 12.1 Å². The summed E-state index contributed by atoms with van der Waals surface area (Å²) >= 11 is 0. The van der Waals surface area contributed by atoms with Gasteiger partial charge in [-0.15, -0.1) is 12.4 Å². The van der Waals surface area contributed by atoms with Crippen LogP contribution in [0.1, 0.15) is 0 Å². The number of H-pyrrole nitrogens is 1. The lowest BCUT2D eigenvalue weighted by atomic mass is 10.0. The second kappa shape index (κ2) is 4.44. The first-order valence-electron chi connectivity index (χ1n) is 6.30. The minimum atomic E-state index is 0. The molecule has 0 spiro atoms. The molecule has 2 saturated heterocycles. The molecule has 2 N–H and O–H groups in total. The largest absolute Gasteiger partial charge is 0.342 e. The van der Waals surface area contributed by atoms with Crippen molar-refractivity contribution < 1.29 is 0 Å². The molecule has 2 unspecified atom stereocenters. The maximum Gasteiger partial charge on any atom is 0.203 e. The van der Waals surface area contributed by atoms with Crippen LogP contribution in [-0.4, -0.2) is 36.1 Å². The highest BCUT2D eigenvalue weighted by Gasteiger charge is 2.36. The van der Waals surface area contributed by atoms with Crippen LogP contribution in [-0.2, 0) is 0 Å². The normalized spacial score (nSPS) is 26.3. The zero-order chi connectivity index (χ0) is 11.2. The van der Waals surface area contributed by atoms with E-state index in [4.69, 9.17) is 0 Å². The number of imidazole rings is 1. The fraction of sp³-hybridized carbons (Fsp3) is 0.462. The second-order valence-electron chi connectivity index (χ2n) is 5.16. The Morgan fingerprint density at radius 3 is 2.56 bits per heavy atom. The van der Waals surface area contributed by atoms with Crippen LogP contribution in [0.25, 0.3) is 11.0 Å². The van der Waals surface area contributed by atoms with Crippen molar-refractivity contribution in [2.45, 2.75) is 0 Å². The highest BCUT2D eigenvalue weighted by molar-refractivity contribution is 5.85. The number of aromatic nitrogens is 2. The Kier molecular flexibility index (Phi) is 2.92. The van der Waals surface area contributed by atoms with Gasteiger partial charge in [-0.25, -0.2) is 4.98 Å². The number of fused-ring (bicyclic) bond motifs is 2. The van der Waals surface area contributed by atoms with Gasteiger partial charge in [-0.05, 0) is 24.0 Å². The standard InChI is InChI=1S/C13H16N4.ClH/c1-2-4-12-11(3-1)15-13(16-12)17-7-9-5-14-6-10(9)8-17;/h1-4,9-10,14H,5-8H2,(H,15,16);1H. The van der Waals surface area contributed by atoms with Crippen molar-refractivity contribution >= 4 is 29.4 Å². The molecule has 2 fully saturated rings. The average molecular weight is 265 g/mol. The van der Waals surface area contributed by atoms with Crippen LogP contribution in [0.3, 0.4) is 0 Å². The maximum absolute atomic E-state index is 4.67. The summed E-state index contributed by atoms with van der Waals surface area (Å²) in [5, 5.41) is 3.47. The van der Waals surface area contributed by atoms with Gasteiger partial charge in [-0.3, -0.25) is 0 Å². The predicted molar refractivity (Wildman–Crippen MR) is 75.4 cm³/mol. The Hall–Kier alpha value is -1.26. The van der Waals surface area contributed by atoms with Gasteiger partial charge in [0.05, 0.1) is 11.0 Å². The van der Waals surface area contributed by atoms with Crippen LogP contribution >= 0.6 is 12.4 Å². The van der Waals surface area contributed by atoms with Crippen molar-refractivity contribution in [2.75, 3.05) is 31.1 Å². The molecule has 0 bridgehead atoms. The smallest absolute Gasteiger partial charge is 0.203 e. The summed E-state index contributed by atoms with van der Waals surface area (Å²) in [5.74, 6) is 2.66. The molecule has 0 aliphatic carbocycles. The molecule has 4 nitrogen and oxygen atoms in total. The van der Waals surface area contributed by atoms with Crippen LogP contribution in [0.4, 0.5) is 5.95 Å². The van der Waals surface area contributed by atoms with Gasteiger partial charge in [0, 0.05) is 26.2 Å². The zero-order valence-corrected chi connectivity index (χ0v) is 10.9. The van der Waals surface area contributed by atoms with Gasteiger partial charge in [0.25, 0.3) is 0 Å². The Morgan fingerprint density at radius 1 is 1.11 bits per heavy atom. The van der Waals surface area contributed by atoms with Gasteiger partial charge in [-0.2, -0.15) is 0 Å². The third-order valence-corrected chi connectivity index (χ3v) is 4.07. The molecular formula is C13H17ClN4. The molecule has 2 aliphatic heterocycles. The van der Waals surface area contributed by atoms with E-state index in [0.717, 1.165) is 41.9 Å². The van der Waals surface area contributed by atoms with Gasteiger partial charge in [0.2, 0.25) is 5.95 Å². The van der Waals surface area contributed by atoms with E-state index in [-0.39, 0.29) is 12.4 Å². The Morgan fingerprint density at radius 2 is 1.83 bits per heavy atom. The van der Waals surface area contributed by atoms with Crippen molar-refractivity contribution in [3.05, 3.63) is 24.3 Å². The van der Waals surface area contributed by atoms with Crippen LogP contribution in [0, 0.1) is 11.8 Å². The lowest BCUT2D eigenvalue weighted by molar-refractivity contribution is 0.533. The molecule has 5 heteroatoms. The number of benzene rings is 1. The number of hydrogen-bond donors (Lipinski definition) is 2. The summed E-state index contributed by atoms with van der Waals surface area (Å²) in [5.41, 5.74) is 2.20. The van der Waals surface area contributed by atoms with Crippen molar-refractivity contribution in [1.82, 2.24) is 15.3 Å². The van der Waals surface area contributed by atoms with E-state index < -0.39 is 0 Å². The van der Waals surface area contributed by atoms with E-state index in [1.54, 1.807) is 0 Å². The molecule has 1 aromatic carbocycles. The third-order valence-electron chi connectivity index (χ3n) is 4.07. The summed E-state index contributed by atoms with van der Waals surface area (Å²) in [6.45, 7) is 4.61. The Bertz CT molecular complexity index is 508. The second-order valence-corrected chi connectivity index (χ2v) is 5.16. The first-order chi connectivity index (χ1) is 8.40. The minimum Gasteiger partial charge on any atom is -0.342 e. The molecular weight excluding hydrogens is 248 g/mol. The zero-order valence-electron chi connectivity index (χ0n) is 10.1. The van der Waals surface area contributed by atoms with Gasteiger partial charge in [0.15, 0.2) is 0 Å². The number of rotatable bonds is 1. The van der Waals surface area contributed by atoms with Crippen molar-refractivity contribution in [2.24, 2.45) is 11.8 Å². The molecule has 4 rings (SSSR count). The minimum absolute atomic E-state index is 0. The highest BCUT2D eigenvalue weighted by atomic mass is 35.5. The Balaban J connectivity index is 0.000001000. The van der Waals surface area contributed by atoms with Crippen LogP contribution in [0.5, 0.6) is 0 Å². The molecule has 2 aliphatic rings. The maximum atomic E-state index is 4.67. The SMILES string of the molecule is Cl.c1ccc2[nH]c(N3CC4CNCC4C3)nc2c1. The number of nitrogens with zero attached hydrogens (tertiary/aromatic N) is 2. The summed E-state index contributed by atoms with van der Waals surface area (Å²) in [7, 11) is 0. The number of hydrogen-bond acceptors (Lipinski definition) is 3. The lowest BCUT2D eigenvalue weighted by Crippen LogP contribution is -2.26. The molecule has 3 heterocycles. The average Bonchev–Trinajstić information content (AvgIpc) is 3.01. The molecule has 0 radical (unpaired) electrons. The van der Waals surface area contributed by atoms with E-state index in [9.17, 15) is 0 Å². The lowest BCUT2D eigenvalue weighted by Gasteiger charge is -2.15. The van der Waals surface area contributed by atoms with E-state index in [0.29, 0.717) is 0 Å². The van der Waals surface area contributed by atoms with Crippen LogP contribution in [0.2, 0.25) is 0 Å². The molecule has 1 aromatic heterocycles. The fourth-order valence-corrected chi connectivity index (χ4v) is 3.12. The fourth-order valence-electron chi connectivity index (χ4n) is 3.12. The number of anilines is 1. The van der Waals surface area contributed by atoms with Crippen molar-refractivity contribution in [3.63, 3.8) is 0 Å². The monoisotopic (exact) mass is 264 g/mol. The van der Waals surface area contributed by atoms with Gasteiger partial charge < -0.3 is 15.2 Å². The van der Waals surface area contributed by atoms with E-state index in [1.807, 2.05) is 12.1 Å². The highest BCUT2D eigenvalue weighted by Crippen LogP contribution is 2.29. The third kappa shape index (κ3) is 1.76. The van der Waals surface area contributed by atoms with E-state index in [2.05, 4.69) is 32.3 Å². The molecule has 2 aromatic rings. The van der Waals surface area contributed by atoms with Crippen molar-refractivity contribution in [3.8, 4) is 0 Å². The number of halogens is 1. The van der Waals surface area contributed by atoms with Crippen molar-refractivity contribution in [1.29, 1.82) is 0 Å². The molecule has 0 amide bonds. The first kappa shape index (κ1) is 11.8. The summed E-state index contributed by atoms with van der Waals surface area (Å²) in [4.78, 5) is 10.5. The van der Waals surface area contributed by atoms with E-state index >= 15 is 0 Å². The summed E-state index contributed by atoms with van der Waals surface area (Å²) in [6, 6.07) is 8.24. The van der Waals surface area contributed by atoms with Crippen LogP contribution < -0.4 is 10.2 Å². The molecule has 96 valence electrons.